The molecule has 0 saturated heterocycles. The van der Waals surface area contributed by atoms with Gasteiger partial charge in [-0.3, -0.25) is 0 Å². The molecule has 0 aliphatic rings. The van der Waals surface area contributed by atoms with E-state index in [1.807, 2.05) is 51.0 Å². The number of rotatable bonds is 4. The Balaban J connectivity index is 2.37. The molecule has 0 spiro atoms. The van der Waals surface area contributed by atoms with Crippen LogP contribution in [0.3, 0.4) is 0 Å². The zero-order chi connectivity index (χ0) is 15.4. The van der Waals surface area contributed by atoms with Crippen LogP contribution >= 0.6 is 0 Å². The Morgan fingerprint density at radius 3 is 2.71 bits per heavy atom. The van der Waals surface area contributed by atoms with Crippen LogP contribution < -0.4 is 16.0 Å². The molecule has 5 nitrogen and oxygen atoms in total. The van der Waals surface area contributed by atoms with Crippen molar-refractivity contribution in [1.29, 1.82) is 0 Å². The molecule has 0 bridgehead atoms. The van der Waals surface area contributed by atoms with Gasteiger partial charge in [-0.2, -0.15) is 0 Å². The largest absolute Gasteiger partial charge is 0.370 e. The van der Waals surface area contributed by atoms with Gasteiger partial charge in [-0.05, 0) is 31.5 Å². The standard InChI is InChI=1S/C16H23N5/c1-11(2)19-16(17)18-10-12-9-15(21(3)4)20-14-8-6-5-7-13(12)14/h5-9,11H,10H2,1-4H3,(H3,17,18,19). The van der Waals surface area contributed by atoms with E-state index in [1.54, 1.807) is 0 Å². The van der Waals surface area contributed by atoms with Gasteiger partial charge in [-0.15, -0.1) is 0 Å². The van der Waals surface area contributed by atoms with E-state index in [0.717, 1.165) is 22.3 Å². The van der Waals surface area contributed by atoms with E-state index in [-0.39, 0.29) is 6.04 Å². The first kappa shape index (κ1) is 15.1. The Labute approximate surface area is 125 Å². The Kier molecular flexibility index (Phi) is 4.62. The third-order valence-corrected chi connectivity index (χ3v) is 3.10. The molecule has 0 fully saturated rings. The minimum absolute atomic E-state index is 0.278. The van der Waals surface area contributed by atoms with Crippen LogP contribution in [0.2, 0.25) is 0 Å². The number of anilines is 1. The monoisotopic (exact) mass is 285 g/mol. The summed E-state index contributed by atoms with van der Waals surface area (Å²) in [7, 11) is 3.97. The molecule has 0 saturated carbocycles. The van der Waals surface area contributed by atoms with Crippen LogP contribution in [0.25, 0.3) is 10.9 Å². The normalized spacial score (nSPS) is 12.0. The van der Waals surface area contributed by atoms with Crippen LogP contribution in [-0.4, -0.2) is 31.1 Å². The number of nitrogens with one attached hydrogen (secondary N) is 1. The Bertz CT molecular complexity index is 646. The van der Waals surface area contributed by atoms with Gasteiger partial charge >= 0.3 is 0 Å². The Morgan fingerprint density at radius 2 is 2.05 bits per heavy atom. The van der Waals surface area contributed by atoms with Gasteiger partial charge in [0.05, 0.1) is 12.1 Å². The van der Waals surface area contributed by atoms with Crippen LogP contribution in [0, 0.1) is 0 Å². The molecule has 5 heteroatoms. The molecular weight excluding hydrogens is 262 g/mol. The van der Waals surface area contributed by atoms with Gasteiger partial charge in [-0.25, -0.2) is 9.98 Å². The zero-order valence-corrected chi connectivity index (χ0v) is 13.1. The number of aliphatic imine (C=N–C) groups is 1. The average Bonchev–Trinajstić information content (AvgIpc) is 2.43. The van der Waals surface area contributed by atoms with Crippen LogP contribution in [0.15, 0.2) is 35.3 Å². The van der Waals surface area contributed by atoms with Crippen LogP contribution in [-0.2, 0) is 6.54 Å². The second kappa shape index (κ2) is 6.43. The summed E-state index contributed by atoms with van der Waals surface area (Å²) in [5.41, 5.74) is 7.98. The van der Waals surface area contributed by atoms with Crippen molar-refractivity contribution >= 4 is 22.7 Å². The van der Waals surface area contributed by atoms with E-state index in [4.69, 9.17) is 5.73 Å². The molecule has 0 radical (unpaired) electrons. The lowest BCUT2D eigenvalue weighted by Crippen LogP contribution is -2.36. The summed E-state index contributed by atoms with van der Waals surface area (Å²) in [6.45, 7) is 4.61. The van der Waals surface area contributed by atoms with Crippen molar-refractivity contribution in [3.8, 4) is 0 Å². The van der Waals surface area contributed by atoms with Crippen molar-refractivity contribution in [2.24, 2.45) is 10.7 Å². The van der Waals surface area contributed by atoms with Crippen molar-refractivity contribution in [2.75, 3.05) is 19.0 Å². The SMILES string of the molecule is CC(C)NC(N)=NCc1cc(N(C)C)nc2ccccc12. The van der Waals surface area contributed by atoms with Gasteiger partial charge < -0.3 is 16.0 Å². The van der Waals surface area contributed by atoms with Crippen molar-refractivity contribution in [2.45, 2.75) is 26.4 Å². The van der Waals surface area contributed by atoms with Crippen LogP contribution in [0.4, 0.5) is 5.82 Å². The molecule has 0 atom stereocenters. The quantitative estimate of drug-likeness (QED) is 0.667. The van der Waals surface area contributed by atoms with E-state index >= 15 is 0 Å². The average molecular weight is 285 g/mol. The van der Waals surface area contributed by atoms with E-state index in [9.17, 15) is 0 Å². The van der Waals surface area contributed by atoms with Gasteiger partial charge in [-0.1, -0.05) is 18.2 Å². The van der Waals surface area contributed by atoms with Crippen molar-refractivity contribution < 1.29 is 0 Å². The number of guanidine groups is 1. The third-order valence-electron chi connectivity index (χ3n) is 3.10. The minimum Gasteiger partial charge on any atom is -0.370 e. The topological polar surface area (TPSA) is 66.5 Å². The highest BCUT2D eigenvalue weighted by Crippen LogP contribution is 2.22. The first-order valence-electron chi connectivity index (χ1n) is 7.10. The number of hydrogen-bond acceptors (Lipinski definition) is 3. The molecule has 2 rings (SSSR count). The lowest BCUT2D eigenvalue weighted by molar-refractivity contribution is 0.723. The number of hydrogen-bond donors (Lipinski definition) is 2. The van der Waals surface area contributed by atoms with E-state index in [2.05, 4.69) is 27.4 Å². The highest BCUT2D eigenvalue weighted by Gasteiger charge is 2.07. The summed E-state index contributed by atoms with van der Waals surface area (Å²) in [6, 6.07) is 10.4. The highest BCUT2D eigenvalue weighted by molar-refractivity contribution is 5.84. The molecule has 3 N–H and O–H groups in total. The molecule has 1 aromatic heterocycles. The smallest absolute Gasteiger partial charge is 0.189 e. The molecule has 0 unspecified atom stereocenters. The molecule has 21 heavy (non-hydrogen) atoms. The number of fused-ring (bicyclic) bond motifs is 1. The number of nitrogens with zero attached hydrogens (tertiary/aromatic N) is 3. The maximum absolute atomic E-state index is 5.88. The summed E-state index contributed by atoms with van der Waals surface area (Å²) in [4.78, 5) is 11.1. The fraction of sp³-hybridized carbons (Fsp3) is 0.375. The maximum atomic E-state index is 5.88. The first-order chi connectivity index (χ1) is 9.97. The van der Waals surface area contributed by atoms with Crippen molar-refractivity contribution in [1.82, 2.24) is 10.3 Å². The fourth-order valence-corrected chi connectivity index (χ4v) is 2.10. The molecule has 1 aromatic carbocycles. The second-order valence-electron chi connectivity index (χ2n) is 5.55. The number of pyridine rings is 1. The Morgan fingerprint density at radius 1 is 1.33 bits per heavy atom. The summed E-state index contributed by atoms with van der Waals surface area (Å²) >= 11 is 0. The number of aromatic nitrogens is 1. The lowest BCUT2D eigenvalue weighted by Gasteiger charge is -2.15. The van der Waals surface area contributed by atoms with Crippen LogP contribution in [0.1, 0.15) is 19.4 Å². The fourth-order valence-electron chi connectivity index (χ4n) is 2.10. The van der Waals surface area contributed by atoms with Gasteiger partial charge in [0.15, 0.2) is 5.96 Å². The summed E-state index contributed by atoms with van der Waals surface area (Å²) in [5.74, 6) is 1.39. The maximum Gasteiger partial charge on any atom is 0.189 e. The summed E-state index contributed by atoms with van der Waals surface area (Å²) in [6.07, 6.45) is 0. The molecule has 0 amide bonds. The number of nitrogens with two attached hydrogens (primary N) is 1. The van der Waals surface area contributed by atoms with Gasteiger partial charge in [0.1, 0.15) is 5.82 Å². The number of benzene rings is 1. The Hall–Kier alpha value is -2.30. The van der Waals surface area contributed by atoms with Crippen LogP contribution in [0.5, 0.6) is 0 Å². The molecule has 112 valence electrons. The van der Waals surface area contributed by atoms with E-state index in [0.29, 0.717) is 12.5 Å². The molecule has 2 aromatic rings. The molecule has 1 heterocycles. The number of para-hydroxylation sites is 1. The highest BCUT2D eigenvalue weighted by atomic mass is 15.1. The summed E-state index contributed by atoms with van der Waals surface area (Å²) < 4.78 is 0. The van der Waals surface area contributed by atoms with Crippen molar-refractivity contribution in [3.05, 3.63) is 35.9 Å². The molecule has 0 aliphatic heterocycles. The predicted molar refractivity (Wildman–Crippen MR) is 89.7 cm³/mol. The summed E-state index contributed by atoms with van der Waals surface area (Å²) in [5, 5.41) is 4.22. The van der Waals surface area contributed by atoms with Gasteiger partial charge in [0.25, 0.3) is 0 Å². The lowest BCUT2D eigenvalue weighted by atomic mass is 10.1. The van der Waals surface area contributed by atoms with Crippen molar-refractivity contribution in [3.63, 3.8) is 0 Å². The predicted octanol–water partition coefficient (Wildman–Crippen LogP) is 2.11. The van der Waals surface area contributed by atoms with Gasteiger partial charge in [0, 0.05) is 25.5 Å². The first-order valence-corrected chi connectivity index (χ1v) is 7.10. The zero-order valence-electron chi connectivity index (χ0n) is 13.1. The molecular formula is C16H23N5. The van der Waals surface area contributed by atoms with E-state index in [1.165, 1.54) is 0 Å². The second-order valence-corrected chi connectivity index (χ2v) is 5.55. The van der Waals surface area contributed by atoms with E-state index < -0.39 is 0 Å². The molecule has 0 aliphatic carbocycles. The minimum atomic E-state index is 0.278. The van der Waals surface area contributed by atoms with Gasteiger partial charge in [0.2, 0.25) is 0 Å². The third kappa shape index (κ3) is 3.84.